The summed E-state index contributed by atoms with van der Waals surface area (Å²) in [7, 11) is 0. The van der Waals surface area contributed by atoms with Gasteiger partial charge in [-0.15, -0.1) is 0 Å². The number of halogens is 2. The van der Waals surface area contributed by atoms with E-state index in [2.05, 4.69) is 0 Å². The molecule has 0 fully saturated rings. The SMILES string of the molecule is Cc1ccc(CN(C(=O)c2cc(Cl)ccc2F)C(C)C)o1. The lowest BCUT2D eigenvalue weighted by molar-refractivity contribution is 0.0670. The van der Waals surface area contributed by atoms with Crippen LogP contribution in [-0.2, 0) is 6.54 Å². The van der Waals surface area contributed by atoms with Crippen LogP contribution >= 0.6 is 11.6 Å². The summed E-state index contributed by atoms with van der Waals surface area (Å²) in [6, 6.07) is 7.52. The molecule has 0 unspecified atom stereocenters. The van der Waals surface area contributed by atoms with Crippen molar-refractivity contribution in [2.45, 2.75) is 33.4 Å². The Bertz CT molecular complexity index is 651. The molecule has 0 aliphatic rings. The maximum Gasteiger partial charge on any atom is 0.257 e. The van der Waals surface area contributed by atoms with Crippen LogP contribution in [0.25, 0.3) is 0 Å². The Morgan fingerprint density at radius 3 is 2.62 bits per heavy atom. The minimum absolute atomic E-state index is 0.0283. The Labute approximate surface area is 128 Å². The fourth-order valence-electron chi connectivity index (χ4n) is 2.04. The van der Waals surface area contributed by atoms with Crippen molar-refractivity contribution >= 4 is 17.5 Å². The molecule has 0 saturated carbocycles. The smallest absolute Gasteiger partial charge is 0.257 e. The zero-order valence-electron chi connectivity index (χ0n) is 12.2. The first-order valence-corrected chi connectivity index (χ1v) is 7.07. The lowest BCUT2D eigenvalue weighted by atomic mass is 10.1. The quantitative estimate of drug-likeness (QED) is 0.837. The molecule has 0 radical (unpaired) electrons. The van der Waals surface area contributed by atoms with Gasteiger partial charge in [-0.25, -0.2) is 4.39 Å². The number of hydrogen-bond donors (Lipinski definition) is 0. The number of carbonyl (C=O) groups excluding carboxylic acids is 1. The molecule has 0 spiro atoms. The van der Waals surface area contributed by atoms with E-state index in [1.807, 2.05) is 32.9 Å². The minimum atomic E-state index is -0.578. The molecule has 2 rings (SSSR count). The normalized spacial score (nSPS) is 11.0. The number of rotatable bonds is 4. The van der Waals surface area contributed by atoms with Crippen molar-refractivity contribution < 1.29 is 13.6 Å². The van der Waals surface area contributed by atoms with Gasteiger partial charge in [0.2, 0.25) is 0 Å². The predicted octanol–water partition coefficient (Wildman–Crippen LogP) is 4.43. The first-order chi connectivity index (χ1) is 9.88. The van der Waals surface area contributed by atoms with Crippen molar-refractivity contribution in [1.29, 1.82) is 0 Å². The highest BCUT2D eigenvalue weighted by Crippen LogP contribution is 2.20. The summed E-state index contributed by atoms with van der Waals surface area (Å²) in [5, 5.41) is 0.331. The second-order valence-corrected chi connectivity index (χ2v) is 5.60. The molecular formula is C16H17ClFNO2. The van der Waals surface area contributed by atoms with Gasteiger partial charge in [0.15, 0.2) is 0 Å². The average molecular weight is 310 g/mol. The van der Waals surface area contributed by atoms with Crippen LogP contribution in [0.2, 0.25) is 5.02 Å². The van der Waals surface area contributed by atoms with Gasteiger partial charge in [0.25, 0.3) is 5.91 Å². The predicted molar refractivity (Wildman–Crippen MR) is 79.9 cm³/mol. The van der Waals surface area contributed by atoms with E-state index in [4.69, 9.17) is 16.0 Å². The molecule has 1 aromatic heterocycles. The number of hydrogen-bond acceptors (Lipinski definition) is 2. The van der Waals surface area contributed by atoms with Crippen LogP contribution in [0.1, 0.15) is 35.7 Å². The minimum Gasteiger partial charge on any atom is -0.464 e. The molecule has 112 valence electrons. The lowest BCUT2D eigenvalue weighted by Crippen LogP contribution is -2.36. The molecule has 0 bridgehead atoms. The number of carbonyl (C=O) groups is 1. The van der Waals surface area contributed by atoms with Gasteiger partial charge in [-0.2, -0.15) is 0 Å². The van der Waals surface area contributed by atoms with E-state index in [1.54, 1.807) is 4.90 Å². The van der Waals surface area contributed by atoms with Crippen molar-refractivity contribution in [3.63, 3.8) is 0 Å². The highest BCUT2D eigenvalue weighted by Gasteiger charge is 2.23. The molecule has 0 atom stereocenters. The van der Waals surface area contributed by atoms with Gasteiger partial charge in [0, 0.05) is 11.1 Å². The summed E-state index contributed by atoms with van der Waals surface area (Å²) in [5.41, 5.74) is -0.0283. The monoisotopic (exact) mass is 309 g/mol. The highest BCUT2D eigenvalue weighted by atomic mass is 35.5. The van der Waals surface area contributed by atoms with Gasteiger partial charge in [-0.05, 0) is 51.1 Å². The standard InChI is InChI=1S/C16H17ClFNO2/c1-10(2)19(9-13-6-4-11(3)21-13)16(20)14-8-12(17)5-7-15(14)18/h4-8,10H,9H2,1-3H3. The molecule has 1 aromatic carbocycles. The Kier molecular flexibility index (Phi) is 4.68. The van der Waals surface area contributed by atoms with Gasteiger partial charge >= 0.3 is 0 Å². The largest absolute Gasteiger partial charge is 0.464 e. The van der Waals surface area contributed by atoms with E-state index in [0.717, 1.165) is 5.76 Å². The Morgan fingerprint density at radius 2 is 2.05 bits per heavy atom. The third-order valence-electron chi connectivity index (χ3n) is 3.17. The third kappa shape index (κ3) is 3.64. The van der Waals surface area contributed by atoms with E-state index >= 15 is 0 Å². The van der Waals surface area contributed by atoms with Gasteiger partial charge in [-0.1, -0.05) is 11.6 Å². The summed E-state index contributed by atoms with van der Waals surface area (Å²) < 4.78 is 19.3. The molecule has 0 N–H and O–H groups in total. The number of amides is 1. The molecule has 0 aliphatic heterocycles. The molecule has 21 heavy (non-hydrogen) atoms. The van der Waals surface area contributed by atoms with E-state index in [0.29, 0.717) is 10.8 Å². The van der Waals surface area contributed by atoms with E-state index in [1.165, 1.54) is 18.2 Å². The number of benzene rings is 1. The summed E-state index contributed by atoms with van der Waals surface area (Å²) in [6.45, 7) is 5.87. The van der Waals surface area contributed by atoms with Crippen LogP contribution < -0.4 is 0 Å². The van der Waals surface area contributed by atoms with Crippen molar-refractivity contribution in [2.75, 3.05) is 0 Å². The summed E-state index contributed by atoms with van der Waals surface area (Å²) in [6.07, 6.45) is 0. The lowest BCUT2D eigenvalue weighted by Gasteiger charge is -2.26. The van der Waals surface area contributed by atoms with Crippen LogP contribution in [0.3, 0.4) is 0 Å². The van der Waals surface area contributed by atoms with E-state index in [-0.39, 0.29) is 18.2 Å². The fraction of sp³-hybridized carbons (Fsp3) is 0.312. The summed E-state index contributed by atoms with van der Waals surface area (Å²) in [4.78, 5) is 14.1. The fourth-order valence-corrected chi connectivity index (χ4v) is 2.22. The van der Waals surface area contributed by atoms with Crippen molar-refractivity contribution in [3.8, 4) is 0 Å². The van der Waals surface area contributed by atoms with Gasteiger partial charge in [0.1, 0.15) is 17.3 Å². The van der Waals surface area contributed by atoms with Crippen LogP contribution in [0.4, 0.5) is 4.39 Å². The molecule has 5 heteroatoms. The Balaban J connectivity index is 2.29. The van der Waals surface area contributed by atoms with Crippen molar-refractivity contribution in [1.82, 2.24) is 4.90 Å². The first-order valence-electron chi connectivity index (χ1n) is 6.70. The number of aryl methyl sites for hydroxylation is 1. The molecule has 0 aliphatic carbocycles. The van der Waals surface area contributed by atoms with Crippen molar-refractivity contribution in [3.05, 3.63) is 58.3 Å². The molecular weight excluding hydrogens is 293 g/mol. The molecule has 0 saturated heterocycles. The maximum absolute atomic E-state index is 13.9. The van der Waals surface area contributed by atoms with E-state index < -0.39 is 11.7 Å². The Morgan fingerprint density at radius 1 is 1.33 bits per heavy atom. The van der Waals surface area contributed by atoms with Crippen LogP contribution in [0.5, 0.6) is 0 Å². The molecule has 1 heterocycles. The van der Waals surface area contributed by atoms with Crippen LogP contribution in [-0.4, -0.2) is 16.8 Å². The number of furan rings is 1. The molecule has 1 amide bonds. The zero-order valence-corrected chi connectivity index (χ0v) is 12.9. The third-order valence-corrected chi connectivity index (χ3v) is 3.40. The summed E-state index contributed by atoms with van der Waals surface area (Å²) in [5.74, 6) is 0.455. The highest BCUT2D eigenvalue weighted by molar-refractivity contribution is 6.31. The molecule has 3 nitrogen and oxygen atoms in total. The number of nitrogens with zero attached hydrogens (tertiary/aromatic N) is 1. The van der Waals surface area contributed by atoms with Gasteiger partial charge in [0.05, 0.1) is 12.1 Å². The Hall–Kier alpha value is -1.81. The van der Waals surface area contributed by atoms with Crippen LogP contribution in [0, 0.1) is 12.7 Å². The van der Waals surface area contributed by atoms with Gasteiger partial charge in [-0.3, -0.25) is 4.79 Å². The maximum atomic E-state index is 13.9. The second-order valence-electron chi connectivity index (χ2n) is 5.16. The topological polar surface area (TPSA) is 33.5 Å². The second kappa shape index (κ2) is 6.31. The molecule has 2 aromatic rings. The van der Waals surface area contributed by atoms with Crippen molar-refractivity contribution in [2.24, 2.45) is 0 Å². The summed E-state index contributed by atoms with van der Waals surface area (Å²) >= 11 is 5.85. The van der Waals surface area contributed by atoms with Gasteiger partial charge < -0.3 is 9.32 Å². The zero-order chi connectivity index (χ0) is 15.6. The first kappa shape index (κ1) is 15.6. The van der Waals surface area contributed by atoms with E-state index in [9.17, 15) is 9.18 Å². The van der Waals surface area contributed by atoms with Crippen LogP contribution in [0.15, 0.2) is 34.7 Å². The average Bonchev–Trinajstić information content (AvgIpc) is 2.83.